The van der Waals surface area contributed by atoms with E-state index in [-0.39, 0.29) is 28.6 Å². The summed E-state index contributed by atoms with van der Waals surface area (Å²) < 4.78 is 0. The van der Waals surface area contributed by atoms with Gasteiger partial charge in [-0.25, -0.2) is 0 Å². The Morgan fingerprint density at radius 2 is 1.14 bits per heavy atom. The Hall–Kier alpha value is -1.76. The summed E-state index contributed by atoms with van der Waals surface area (Å²) in [6.07, 6.45) is 36.5. The van der Waals surface area contributed by atoms with Crippen LogP contribution in [0.2, 0.25) is 0 Å². The van der Waals surface area contributed by atoms with Gasteiger partial charge in [0.15, 0.2) is 0 Å². The molecule has 8 rings (SSSR count). The van der Waals surface area contributed by atoms with Crippen molar-refractivity contribution in [2.45, 2.75) is 57.8 Å². The van der Waals surface area contributed by atoms with Crippen LogP contribution in [-0.2, 0) is 0 Å². The third-order valence-electron chi connectivity index (χ3n) is 10.7. The van der Waals surface area contributed by atoms with Crippen LogP contribution in [0.25, 0.3) is 0 Å². The Morgan fingerprint density at radius 3 is 1.54 bits per heavy atom. The van der Waals surface area contributed by atoms with Gasteiger partial charge in [0.2, 0.25) is 0 Å². The van der Waals surface area contributed by atoms with Crippen LogP contribution in [0.5, 0.6) is 0 Å². The molecule has 0 aromatic carbocycles. The molecule has 8 fully saturated rings. The average Bonchev–Trinajstić information content (AvgIpc) is 2.67. The van der Waals surface area contributed by atoms with Crippen LogP contribution in [0.4, 0.5) is 0 Å². The van der Waals surface area contributed by atoms with E-state index in [1.807, 2.05) is 0 Å². The molecule has 142 valence electrons. The summed E-state index contributed by atoms with van der Waals surface area (Å²) in [7, 11) is 0. The van der Waals surface area contributed by atoms with Gasteiger partial charge in [0, 0.05) is 28.6 Å². The molecule has 0 heteroatoms. The van der Waals surface area contributed by atoms with Crippen LogP contribution in [0.3, 0.4) is 0 Å². The predicted molar refractivity (Wildman–Crippen MR) is 112 cm³/mol. The molecule has 0 aliphatic heterocycles. The highest BCUT2D eigenvalue weighted by atomic mass is 14.8. The third-order valence-corrected chi connectivity index (χ3v) is 10.7. The van der Waals surface area contributed by atoms with Gasteiger partial charge in [-0.05, 0) is 92.8 Å². The van der Waals surface area contributed by atoms with Crippen molar-refractivity contribution in [3.05, 3.63) is 0 Å². The smallest absolute Gasteiger partial charge is 0.0325 e. The van der Waals surface area contributed by atoms with Crippen LogP contribution in [0.1, 0.15) is 57.8 Å². The van der Waals surface area contributed by atoms with E-state index < -0.39 is 0 Å². The first-order valence-electron chi connectivity index (χ1n) is 11.4. The van der Waals surface area contributed by atoms with Crippen LogP contribution in [-0.4, -0.2) is 0 Å². The highest BCUT2D eigenvalue weighted by Gasteiger charge is 2.75. The molecular formula is C28H30. The van der Waals surface area contributed by atoms with Gasteiger partial charge in [-0.2, -0.15) is 0 Å². The lowest BCUT2D eigenvalue weighted by Crippen LogP contribution is -2.71. The highest BCUT2D eigenvalue weighted by molar-refractivity contribution is 5.36. The minimum absolute atomic E-state index is 0.0211. The third kappa shape index (κ3) is 1.72. The minimum Gasteiger partial charge on any atom is -0.120 e. The lowest BCUT2D eigenvalue weighted by atomic mass is 9.27. The fourth-order valence-corrected chi connectivity index (χ4v) is 10.6. The van der Waals surface area contributed by atoms with Crippen molar-refractivity contribution in [1.29, 1.82) is 0 Å². The lowest BCUT2D eigenvalue weighted by Gasteiger charge is -2.75. The van der Waals surface area contributed by atoms with E-state index in [9.17, 15) is 0 Å². The number of rotatable bonds is 1. The first kappa shape index (κ1) is 17.1. The fraction of sp³-hybridized carbons (Fsp3) is 0.714. The molecular weight excluding hydrogens is 336 g/mol. The summed E-state index contributed by atoms with van der Waals surface area (Å²) in [6.45, 7) is 0. The fourth-order valence-electron chi connectivity index (χ4n) is 10.6. The van der Waals surface area contributed by atoms with Gasteiger partial charge in [-0.1, -0.05) is 5.92 Å². The van der Waals surface area contributed by atoms with Gasteiger partial charge < -0.3 is 0 Å². The zero-order chi connectivity index (χ0) is 19.3. The SMILES string of the molecule is C#CC1C2CC3(C#C)CC1C(C#C)C(C14CC5CC(CC(C5)C1)C4)(C3)C2C#C. The Kier molecular flexibility index (Phi) is 3.20. The number of hydrogen-bond acceptors (Lipinski definition) is 0. The van der Waals surface area contributed by atoms with Crippen LogP contribution < -0.4 is 0 Å². The van der Waals surface area contributed by atoms with Crippen LogP contribution in [0, 0.1) is 113 Å². The zero-order valence-electron chi connectivity index (χ0n) is 16.8. The van der Waals surface area contributed by atoms with E-state index in [0.29, 0.717) is 17.3 Å². The molecule has 8 saturated carbocycles. The topological polar surface area (TPSA) is 0 Å². The molecule has 28 heavy (non-hydrogen) atoms. The molecule has 8 aliphatic carbocycles. The Balaban J connectivity index is 1.58. The predicted octanol–water partition coefficient (Wildman–Crippen LogP) is 5.00. The summed E-state index contributed by atoms with van der Waals surface area (Å²) in [4.78, 5) is 0. The minimum atomic E-state index is -0.0211. The van der Waals surface area contributed by atoms with Gasteiger partial charge in [0.25, 0.3) is 0 Å². The molecule has 0 radical (unpaired) electrons. The van der Waals surface area contributed by atoms with E-state index in [1.54, 1.807) is 0 Å². The highest BCUT2D eigenvalue weighted by Crippen LogP contribution is 2.80. The summed E-state index contributed by atoms with van der Waals surface area (Å²) >= 11 is 0. The van der Waals surface area contributed by atoms with Crippen molar-refractivity contribution in [3.8, 4) is 49.4 Å². The molecule has 0 heterocycles. The molecule has 4 unspecified atom stereocenters. The molecule has 0 amide bonds. The quantitative estimate of drug-likeness (QED) is 0.573. The second-order valence-corrected chi connectivity index (χ2v) is 11.6. The lowest BCUT2D eigenvalue weighted by molar-refractivity contribution is -0.258. The molecule has 8 bridgehead atoms. The normalized spacial score (nSPS) is 59.9. The molecule has 0 spiro atoms. The van der Waals surface area contributed by atoms with E-state index in [2.05, 4.69) is 23.7 Å². The number of terminal acetylenes is 4. The second-order valence-electron chi connectivity index (χ2n) is 11.6. The van der Waals surface area contributed by atoms with Crippen molar-refractivity contribution in [2.24, 2.45) is 63.6 Å². The van der Waals surface area contributed by atoms with Gasteiger partial charge in [0.05, 0.1) is 0 Å². The molecule has 0 saturated heterocycles. The molecule has 0 aromatic rings. The molecule has 0 N–H and O–H groups in total. The molecule has 4 atom stereocenters. The maximum absolute atomic E-state index is 6.34. The first-order chi connectivity index (χ1) is 13.5. The largest absolute Gasteiger partial charge is 0.120 e. The van der Waals surface area contributed by atoms with E-state index in [0.717, 1.165) is 37.0 Å². The standard InChI is InChI=1S/C28H30/c1-5-21-22-15-26(8-4)16-23(21)25(7-3)28(17-26,24(22)6-2)27-12-18-9-19(13-27)11-20(10-18)14-27/h1-4,18-25H,9-17H2. The average molecular weight is 367 g/mol. The van der Waals surface area contributed by atoms with Crippen molar-refractivity contribution in [3.63, 3.8) is 0 Å². The summed E-state index contributed by atoms with van der Waals surface area (Å²) in [5.41, 5.74) is 0.319. The maximum Gasteiger partial charge on any atom is 0.0325 e. The van der Waals surface area contributed by atoms with Crippen molar-refractivity contribution in [2.75, 3.05) is 0 Å². The monoisotopic (exact) mass is 366 g/mol. The van der Waals surface area contributed by atoms with Gasteiger partial charge >= 0.3 is 0 Å². The van der Waals surface area contributed by atoms with Crippen molar-refractivity contribution >= 4 is 0 Å². The van der Waals surface area contributed by atoms with E-state index >= 15 is 0 Å². The van der Waals surface area contributed by atoms with E-state index in [4.69, 9.17) is 25.7 Å². The first-order valence-corrected chi connectivity index (χ1v) is 11.4. The van der Waals surface area contributed by atoms with Crippen LogP contribution in [0.15, 0.2) is 0 Å². The molecule has 0 nitrogen and oxygen atoms in total. The second kappa shape index (κ2) is 5.23. The Labute approximate surface area is 171 Å². The summed E-state index contributed by atoms with van der Waals surface area (Å²) in [5.74, 6) is 17.1. The zero-order valence-corrected chi connectivity index (χ0v) is 16.8. The van der Waals surface area contributed by atoms with Gasteiger partial charge in [-0.3, -0.25) is 0 Å². The number of hydrogen-bond donors (Lipinski definition) is 0. The van der Waals surface area contributed by atoms with Crippen molar-refractivity contribution in [1.82, 2.24) is 0 Å². The van der Waals surface area contributed by atoms with Crippen LogP contribution >= 0.6 is 0 Å². The Bertz CT molecular complexity index is 821. The summed E-state index contributed by atoms with van der Waals surface area (Å²) in [5, 5.41) is 0. The van der Waals surface area contributed by atoms with Crippen molar-refractivity contribution < 1.29 is 0 Å². The summed E-state index contributed by atoms with van der Waals surface area (Å²) in [6, 6.07) is 0. The Morgan fingerprint density at radius 1 is 0.643 bits per heavy atom. The molecule has 8 aliphatic rings. The van der Waals surface area contributed by atoms with E-state index in [1.165, 1.54) is 38.5 Å². The maximum atomic E-state index is 6.34. The van der Waals surface area contributed by atoms with Gasteiger partial charge in [0.1, 0.15) is 0 Å². The molecule has 0 aromatic heterocycles. The van der Waals surface area contributed by atoms with Gasteiger partial charge in [-0.15, -0.1) is 43.5 Å².